The van der Waals surface area contributed by atoms with Crippen molar-refractivity contribution < 1.29 is 17.9 Å². The van der Waals surface area contributed by atoms with Crippen molar-refractivity contribution in [3.63, 3.8) is 0 Å². The Bertz CT molecular complexity index is 460. The zero-order valence-electron chi connectivity index (χ0n) is 12.1. The molecular formula is C16H21F3O. The molecule has 1 nitrogen and oxygen atoms in total. The topological polar surface area (TPSA) is 9.23 Å². The van der Waals surface area contributed by atoms with Gasteiger partial charge in [0.2, 0.25) is 0 Å². The molecular weight excluding hydrogens is 265 g/mol. The number of rotatable bonds is 2. The lowest BCUT2D eigenvalue weighted by Crippen LogP contribution is -2.18. The maximum atomic E-state index is 13.0. The Morgan fingerprint density at radius 3 is 2.35 bits per heavy atom. The van der Waals surface area contributed by atoms with Gasteiger partial charge in [-0.2, -0.15) is 13.2 Å². The van der Waals surface area contributed by atoms with Crippen molar-refractivity contribution in [1.29, 1.82) is 0 Å². The van der Waals surface area contributed by atoms with Crippen LogP contribution in [0.4, 0.5) is 13.2 Å². The molecule has 1 aromatic rings. The van der Waals surface area contributed by atoms with Gasteiger partial charge in [0.05, 0.1) is 17.8 Å². The van der Waals surface area contributed by atoms with Gasteiger partial charge in [-0.05, 0) is 36.3 Å². The van der Waals surface area contributed by atoms with Gasteiger partial charge in [-0.3, -0.25) is 0 Å². The van der Waals surface area contributed by atoms with Crippen molar-refractivity contribution in [3.8, 4) is 0 Å². The van der Waals surface area contributed by atoms with Crippen LogP contribution in [-0.4, -0.2) is 6.10 Å². The van der Waals surface area contributed by atoms with Gasteiger partial charge < -0.3 is 4.74 Å². The maximum absolute atomic E-state index is 13.0. The molecule has 1 fully saturated rings. The highest BCUT2D eigenvalue weighted by Gasteiger charge is 2.38. The fourth-order valence-corrected chi connectivity index (χ4v) is 2.80. The molecule has 20 heavy (non-hydrogen) atoms. The van der Waals surface area contributed by atoms with E-state index in [1.54, 1.807) is 6.07 Å². The highest BCUT2D eigenvalue weighted by molar-refractivity contribution is 5.32. The average molecular weight is 286 g/mol. The zero-order chi connectivity index (χ0) is 15.0. The van der Waals surface area contributed by atoms with Gasteiger partial charge >= 0.3 is 6.18 Å². The first-order valence-corrected chi connectivity index (χ1v) is 6.98. The first-order valence-electron chi connectivity index (χ1n) is 6.98. The van der Waals surface area contributed by atoms with E-state index in [0.717, 1.165) is 18.9 Å². The second-order valence-electron chi connectivity index (χ2n) is 6.67. The van der Waals surface area contributed by atoms with Gasteiger partial charge in [-0.1, -0.05) is 39.0 Å². The van der Waals surface area contributed by atoms with Crippen LogP contribution in [0.1, 0.15) is 57.3 Å². The summed E-state index contributed by atoms with van der Waals surface area (Å²) in [5.74, 6) is 0. The van der Waals surface area contributed by atoms with E-state index < -0.39 is 17.8 Å². The van der Waals surface area contributed by atoms with E-state index in [2.05, 4.69) is 20.8 Å². The summed E-state index contributed by atoms with van der Waals surface area (Å²) < 4.78 is 44.9. The third-order valence-corrected chi connectivity index (χ3v) is 3.56. The Morgan fingerprint density at radius 2 is 1.75 bits per heavy atom. The molecule has 2 rings (SSSR count). The lowest BCUT2D eigenvalue weighted by Gasteiger charge is -2.24. The first kappa shape index (κ1) is 15.4. The minimum Gasteiger partial charge on any atom is -0.370 e. The van der Waals surface area contributed by atoms with E-state index in [1.807, 2.05) is 0 Å². The predicted octanol–water partition coefficient (Wildman–Crippen LogP) is 5.36. The lowest BCUT2D eigenvalue weighted by atomic mass is 9.88. The monoisotopic (exact) mass is 286 g/mol. The van der Waals surface area contributed by atoms with Crippen LogP contribution >= 0.6 is 0 Å². The summed E-state index contributed by atoms with van der Waals surface area (Å²) in [5, 5.41) is 0. The molecule has 1 saturated heterocycles. The molecule has 0 spiro atoms. The van der Waals surface area contributed by atoms with Crippen molar-refractivity contribution in [2.75, 3.05) is 0 Å². The molecule has 1 aliphatic heterocycles. The summed E-state index contributed by atoms with van der Waals surface area (Å²) in [6.07, 6.45) is -2.33. The third kappa shape index (κ3) is 3.75. The minimum atomic E-state index is -4.32. The number of benzene rings is 1. The van der Waals surface area contributed by atoms with Gasteiger partial charge in [-0.15, -0.1) is 0 Å². The second kappa shape index (κ2) is 5.40. The molecule has 0 aliphatic carbocycles. The van der Waals surface area contributed by atoms with Crippen molar-refractivity contribution in [1.82, 2.24) is 0 Å². The van der Waals surface area contributed by atoms with Gasteiger partial charge in [0.1, 0.15) is 0 Å². The Balaban J connectivity index is 2.15. The van der Waals surface area contributed by atoms with Crippen molar-refractivity contribution >= 4 is 0 Å². The van der Waals surface area contributed by atoms with Gasteiger partial charge in [0.15, 0.2) is 0 Å². The number of alkyl halides is 3. The van der Waals surface area contributed by atoms with E-state index in [0.29, 0.717) is 6.42 Å². The van der Waals surface area contributed by atoms with Crippen molar-refractivity contribution in [3.05, 3.63) is 35.4 Å². The first-order chi connectivity index (χ1) is 9.17. The third-order valence-electron chi connectivity index (χ3n) is 3.56. The molecule has 1 aliphatic rings. The van der Waals surface area contributed by atoms with Gasteiger partial charge in [-0.25, -0.2) is 0 Å². The zero-order valence-corrected chi connectivity index (χ0v) is 12.1. The summed E-state index contributed by atoms with van der Waals surface area (Å²) in [4.78, 5) is 0. The molecule has 4 heteroatoms. The molecule has 112 valence electrons. The van der Waals surface area contributed by atoms with E-state index in [9.17, 15) is 13.2 Å². The number of hydrogen-bond donors (Lipinski definition) is 0. The van der Waals surface area contributed by atoms with E-state index in [4.69, 9.17) is 4.74 Å². The Morgan fingerprint density at radius 1 is 1.10 bits per heavy atom. The summed E-state index contributed by atoms with van der Waals surface area (Å²) in [6.45, 7) is 6.36. The van der Waals surface area contributed by atoms with Crippen LogP contribution in [0.5, 0.6) is 0 Å². The highest BCUT2D eigenvalue weighted by atomic mass is 19.4. The molecule has 2 atom stereocenters. The number of hydrogen-bond acceptors (Lipinski definition) is 1. The fourth-order valence-electron chi connectivity index (χ4n) is 2.80. The molecule has 0 aromatic heterocycles. The standard InChI is InChI=1S/C16H21F3O/c1-15(2,3)10-11-8-9-14(20-11)12-6-4-5-7-13(12)16(17,18)19/h4-7,11,14H,8-10H2,1-3H3/t11-,14?/m0/s1. The van der Waals surface area contributed by atoms with Crippen LogP contribution in [0, 0.1) is 5.41 Å². The van der Waals surface area contributed by atoms with Crippen molar-refractivity contribution in [2.24, 2.45) is 5.41 Å². The molecule has 0 bridgehead atoms. The second-order valence-corrected chi connectivity index (χ2v) is 6.67. The van der Waals surface area contributed by atoms with E-state index in [1.165, 1.54) is 12.1 Å². The minimum absolute atomic E-state index is 0.0567. The highest BCUT2D eigenvalue weighted by Crippen LogP contribution is 2.42. The smallest absolute Gasteiger partial charge is 0.370 e. The summed E-state index contributed by atoms with van der Waals surface area (Å²) in [6, 6.07) is 5.74. The molecule has 1 heterocycles. The lowest BCUT2D eigenvalue weighted by molar-refractivity contribution is -0.139. The molecule has 1 aromatic carbocycles. The predicted molar refractivity (Wildman–Crippen MR) is 72.4 cm³/mol. The van der Waals surface area contributed by atoms with Crippen LogP contribution in [0.15, 0.2) is 24.3 Å². The average Bonchev–Trinajstić information content (AvgIpc) is 2.74. The molecule has 1 unspecified atom stereocenters. The molecule has 0 radical (unpaired) electrons. The largest absolute Gasteiger partial charge is 0.416 e. The van der Waals surface area contributed by atoms with Crippen LogP contribution in [0.2, 0.25) is 0 Å². The van der Waals surface area contributed by atoms with Gasteiger partial charge in [0.25, 0.3) is 0 Å². The number of ether oxygens (including phenoxy) is 1. The van der Waals surface area contributed by atoms with Gasteiger partial charge in [0, 0.05) is 0 Å². The molecule has 0 saturated carbocycles. The van der Waals surface area contributed by atoms with Crippen LogP contribution < -0.4 is 0 Å². The number of halogens is 3. The van der Waals surface area contributed by atoms with E-state index >= 15 is 0 Å². The van der Waals surface area contributed by atoms with Crippen LogP contribution in [0.25, 0.3) is 0 Å². The summed E-state index contributed by atoms with van der Waals surface area (Å²) in [5.41, 5.74) is -0.166. The fraction of sp³-hybridized carbons (Fsp3) is 0.625. The Labute approximate surface area is 118 Å². The molecule has 0 N–H and O–H groups in total. The quantitative estimate of drug-likeness (QED) is 0.711. The summed E-state index contributed by atoms with van der Waals surface area (Å²) >= 11 is 0. The van der Waals surface area contributed by atoms with Crippen LogP contribution in [0.3, 0.4) is 0 Å². The van der Waals surface area contributed by atoms with Crippen molar-refractivity contribution in [2.45, 2.75) is 58.4 Å². The van der Waals surface area contributed by atoms with E-state index in [-0.39, 0.29) is 17.1 Å². The Hall–Kier alpha value is -1.03. The summed E-state index contributed by atoms with van der Waals surface area (Å²) in [7, 11) is 0. The normalized spacial score (nSPS) is 24.1. The Kier molecular flexibility index (Phi) is 4.14. The molecule has 0 amide bonds. The van der Waals surface area contributed by atoms with Crippen LogP contribution in [-0.2, 0) is 10.9 Å². The SMILES string of the molecule is CC(C)(C)C[C@@H]1CCC(c2ccccc2C(F)(F)F)O1. The maximum Gasteiger partial charge on any atom is 0.416 e.